The fraction of sp³-hybridized carbons (Fsp3) is 0.800. The summed E-state index contributed by atoms with van der Waals surface area (Å²) >= 11 is 0. The zero-order valence-corrected chi connectivity index (χ0v) is 6.41. The second-order valence-corrected chi connectivity index (χ2v) is 2.53. The Labute approximate surface area is 67.3 Å². The standard InChI is InChI=1S/C8H16.2CH4/c1-5-6-8(4)7(2)3;;/h5-6H2,1-4H3;2*1H4. The van der Waals surface area contributed by atoms with E-state index >= 15 is 0 Å². The molecule has 0 rings (SSSR count). The number of rotatable bonds is 2. The average molecular weight is 144 g/mol. The van der Waals surface area contributed by atoms with E-state index in [1.165, 1.54) is 18.4 Å². The lowest BCUT2D eigenvalue weighted by molar-refractivity contribution is 0.890. The summed E-state index contributed by atoms with van der Waals surface area (Å²) in [6, 6.07) is 0. The van der Waals surface area contributed by atoms with Gasteiger partial charge in [-0.3, -0.25) is 0 Å². The van der Waals surface area contributed by atoms with E-state index in [0.717, 1.165) is 0 Å². The van der Waals surface area contributed by atoms with E-state index in [1.807, 2.05) is 0 Å². The molecule has 0 radical (unpaired) electrons. The van der Waals surface area contributed by atoms with Gasteiger partial charge in [0.05, 0.1) is 0 Å². The van der Waals surface area contributed by atoms with Gasteiger partial charge < -0.3 is 0 Å². The molecular formula is C10H24. The van der Waals surface area contributed by atoms with Crippen molar-refractivity contribution in [2.45, 2.75) is 55.4 Å². The summed E-state index contributed by atoms with van der Waals surface area (Å²) in [5.41, 5.74) is 3.03. The van der Waals surface area contributed by atoms with Gasteiger partial charge in [0.1, 0.15) is 0 Å². The Morgan fingerprint density at radius 3 is 1.50 bits per heavy atom. The topological polar surface area (TPSA) is 0 Å². The van der Waals surface area contributed by atoms with Crippen molar-refractivity contribution in [2.24, 2.45) is 0 Å². The SMILES string of the molecule is C.C.CCCC(C)=C(C)C. The average Bonchev–Trinajstić information content (AvgIpc) is 1.67. The van der Waals surface area contributed by atoms with Crippen LogP contribution in [0.3, 0.4) is 0 Å². The van der Waals surface area contributed by atoms with Crippen LogP contribution >= 0.6 is 0 Å². The van der Waals surface area contributed by atoms with E-state index in [2.05, 4.69) is 27.7 Å². The molecule has 10 heavy (non-hydrogen) atoms. The molecule has 0 saturated heterocycles. The first-order chi connectivity index (χ1) is 3.68. The van der Waals surface area contributed by atoms with Crippen LogP contribution < -0.4 is 0 Å². The Hall–Kier alpha value is -0.260. The molecule has 64 valence electrons. The number of allylic oxidation sites excluding steroid dienone is 2. The molecule has 0 aromatic carbocycles. The first-order valence-corrected chi connectivity index (χ1v) is 3.31. The molecule has 0 aromatic heterocycles. The third-order valence-corrected chi connectivity index (χ3v) is 1.48. The third-order valence-electron chi connectivity index (χ3n) is 1.48. The van der Waals surface area contributed by atoms with E-state index in [4.69, 9.17) is 0 Å². The van der Waals surface area contributed by atoms with Gasteiger partial charge in [-0.05, 0) is 27.2 Å². The normalized spacial score (nSPS) is 7.20. The van der Waals surface area contributed by atoms with E-state index in [1.54, 1.807) is 5.57 Å². The van der Waals surface area contributed by atoms with Crippen LogP contribution in [0.1, 0.15) is 55.4 Å². The van der Waals surface area contributed by atoms with Crippen molar-refractivity contribution < 1.29 is 0 Å². The van der Waals surface area contributed by atoms with E-state index < -0.39 is 0 Å². The van der Waals surface area contributed by atoms with Crippen molar-refractivity contribution >= 4 is 0 Å². The van der Waals surface area contributed by atoms with Crippen molar-refractivity contribution in [2.75, 3.05) is 0 Å². The smallest absolute Gasteiger partial charge is 0.0323 e. The van der Waals surface area contributed by atoms with Crippen LogP contribution in [-0.4, -0.2) is 0 Å². The summed E-state index contributed by atoms with van der Waals surface area (Å²) in [5.74, 6) is 0. The summed E-state index contributed by atoms with van der Waals surface area (Å²) in [7, 11) is 0. The molecule has 0 heteroatoms. The maximum Gasteiger partial charge on any atom is -0.0323 e. The Kier molecular flexibility index (Phi) is 14.3. The van der Waals surface area contributed by atoms with Crippen molar-refractivity contribution in [1.82, 2.24) is 0 Å². The number of hydrogen-bond donors (Lipinski definition) is 0. The highest BCUT2D eigenvalue weighted by Gasteiger charge is 1.87. The molecule has 0 aromatic rings. The van der Waals surface area contributed by atoms with Crippen molar-refractivity contribution in [3.8, 4) is 0 Å². The molecule has 0 heterocycles. The monoisotopic (exact) mass is 144 g/mol. The fourth-order valence-electron chi connectivity index (χ4n) is 0.625. The second kappa shape index (κ2) is 8.74. The lowest BCUT2D eigenvalue weighted by atomic mass is 10.1. The van der Waals surface area contributed by atoms with Crippen LogP contribution in [0.25, 0.3) is 0 Å². The van der Waals surface area contributed by atoms with Crippen LogP contribution in [0, 0.1) is 0 Å². The van der Waals surface area contributed by atoms with Gasteiger partial charge in [0, 0.05) is 0 Å². The zero-order chi connectivity index (χ0) is 6.57. The lowest BCUT2D eigenvalue weighted by Gasteiger charge is -1.98. The molecule has 0 spiro atoms. The highest BCUT2D eigenvalue weighted by Crippen LogP contribution is 2.07. The highest BCUT2D eigenvalue weighted by molar-refractivity contribution is 5.05. The van der Waals surface area contributed by atoms with Gasteiger partial charge in [-0.2, -0.15) is 0 Å². The Balaban J connectivity index is -0.000000245. The minimum atomic E-state index is 0. The van der Waals surface area contributed by atoms with Gasteiger partial charge in [-0.25, -0.2) is 0 Å². The predicted molar refractivity (Wildman–Crippen MR) is 52.4 cm³/mol. The largest absolute Gasteiger partial charge is 0.0776 e. The van der Waals surface area contributed by atoms with Gasteiger partial charge in [0.15, 0.2) is 0 Å². The minimum absolute atomic E-state index is 0. The maximum absolute atomic E-state index is 2.21. The number of hydrogen-bond acceptors (Lipinski definition) is 0. The maximum atomic E-state index is 2.21. The molecule has 0 atom stereocenters. The third kappa shape index (κ3) is 7.74. The Morgan fingerprint density at radius 2 is 1.40 bits per heavy atom. The molecule has 0 aliphatic heterocycles. The van der Waals surface area contributed by atoms with E-state index in [0.29, 0.717) is 0 Å². The van der Waals surface area contributed by atoms with E-state index in [9.17, 15) is 0 Å². The molecule has 0 nitrogen and oxygen atoms in total. The van der Waals surface area contributed by atoms with Crippen LogP contribution in [0.15, 0.2) is 11.1 Å². The quantitative estimate of drug-likeness (QED) is 0.503. The highest BCUT2D eigenvalue weighted by atomic mass is 13.9. The van der Waals surface area contributed by atoms with Gasteiger partial charge >= 0.3 is 0 Å². The van der Waals surface area contributed by atoms with Gasteiger partial charge in [0.25, 0.3) is 0 Å². The molecule has 0 saturated carbocycles. The molecule has 0 bridgehead atoms. The van der Waals surface area contributed by atoms with Gasteiger partial charge in [0.2, 0.25) is 0 Å². The van der Waals surface area contributed by atoms with Crippen LogP contribution in [-0.2, 0) is 0 Å². The van der Waals surface area contributed by atoms with E-state index in [-0.39, 0.29) is 14.9 Å². The summed E-state index contributed by atoms with van der Waals surface area (Å²) < 4.78 is 0. The molecule has 0 amide bonds. The van der Waals surface area contributed by atoms with Gasteiger partial charge in [-0.1, -0.05) is 39.3 Å². The van der Waals surface area contributed by atoms with Crippen molar-refractivity contribution in [3.63, 3.8) is 0 Å². The first-order valence-electron chi connectivity index (χ1n) is 3.31. The van der Waals surface area contributed by atoms with Crippen LogP contribution in [0.5, 0.6) is 0 Å². The van der Waals surface area contributed by atoms with Crippen LogP contribution in [0.4, 0.5) is 0 Å². The zero-order valence-electron chi connectivity index (χ0n) is 6.41. The molecule has 0 aliphatic rings. The van der Waals surface area contributed by atoms with Gasteiger partial charge in [-0.15, -0.1) is 0 Å². The predicted octanol–water partition coefficient (Wildman–Crippen LogP) is 4.42. The van der Waals surface area contributed by atoms with Crippen molar-refractivity contribution in [3.05, 3.63) is 11.1 Å². The lowest BCUT2D eigenvalue weighted by Crippen LogP contribution is -1.77. The first kappa shape index (κ1) is 16.4. The molecule has 0 unspecified atom stereocenters. The summed E-state index contributed by atoms with van der Waals surface area (Å²) in [6.45, 7) is 8.77. The Bertz CT molecular complexity index is 84.2. The molecule has 0 N–H and O–H groups in total. The second-order valence-electron chi connectivity index (χ2n) is 2.53. The van der Waals surface area contributed by atoms with Crippen molar-refractivity contribution in [1.29, 1.82) is 0 Å². The molecular weight excluding hydrogens is 120 g/mol. The summed E-state index contributed by atoms with van der Waals surface area (Å²) in [5, 5.41) is 0. The Morgan fingerprint density at radius 1 is 1.00 bits per heavy atom. The summed E-state index contributed by atoms with van der Waals surface area (Å²) in [4.78, 5) is 0. The fourth-order valence-corrected chi connectivity index (χ4v) is 0.625. The molecule has 0 fully saturated rings. The summed E-state index contributed by atoms with van der Waals surface area (Å²) in [6.07, 6.45) is 2.54. The molecule has 0 aliphatic carbocycles. The minimum Gasteiger partial charge on any atom is -0.0776 e. The van der Waals surface area contributed by atoms with Crippen LogP contribution in [0.2, 0.25) is 0 Å².